The number of carbonyl (C=O) groups is 4. The Kier molecular flexibility index (Phi) is 8.60. The summed E-state index contributed by atoms with van der Waals surface area (Å²) in [5, 5.41) is 15.1. The van der Waals surface area contributed by atoms with E-state index >= 15 is 0 Å². The molecule has 1 saturated heterocycles. The van der Waals surface area contributed by atoms with E-state index in [0.717, 1.165) is 10.2 Å². The predicted octanol–water partition coefficient (Wildman–Crippen LogP) is 3.29. The topological polar surface area (TPSA) is 129 Å². The van der Waals surface area contributed by atoms with Gasteiger partial charge >= 0.3 is 6.09 Å². The van der Waals surface area contributed by atoms with Gasteiger partial charge in [-0.25, -0.2) is 9.78 Å². The zero-order valence-corrected chi connectivity index (χ0v) is 20.6. The van der Waals surface area contributed by atoms with Gasteiger partial charge in [0.05, 0.1) is 16.3 Å². The van der Waals surface area contributed by atoms with Crippen molar-refractivity contribution in [2.45, 2.75) is 58.5 Å². The maximum Gasteiger partial charge on any atom is 0.407 e. The number of amides is 3. The molecule has 2 unspecified atom stereocenters. The molecular weight excluding hydrogens is 456 g/mol. The molecular formula is C24H32N4O5S. The minimum atomic E-state index is -0.944. The summed E-state index contributed by atoms with van der Waals surface area (Å²) in [4.78, 5) is 55.4. The Bertz CT molecular complexity index is 1010. The first-order chi connectivity index (χ1) is 16.1. The van der Waals surface area contributed by atoms with Crippen LogP contribution >= 0.6 is 11.3 Å². The number of benzene rings is 1. The van der Waals surface area contributed by atoms with Crippen LogP contribution in [0.4, 0.5) is 4.79 Å². The Hall–Kier alpha value is -3.01. The second kappa shape index (κ2) is 11.4. The molecule has 3 N–H and O–H groups in total. The number of fused-ring (bicyclic) bond motifs is 1. The summed E-state index contributed by atoms with van der Waals surface area (Å²) in [5.41, 5.74) is 0.728. The van der Waals surface area contributed by atoms with Gasteiger partial charge in [0.25, 0.3) is 0 Å². The Morgan fingerprint density at radius 1 is 1.12 bits per heavy atom. The van der Waals surface area contributed by atoms with Crippen LogP contribution in [-0.4, -0.2) is 63.9 Å². The zero-order valence-electron chi connectivity index (χ0n) is 19.7. The first-order valence-electron chi connectivity index (χ1n) is 11.6. The quantitative estimate of drug-likeness (QED) is 0.465. The van der Waals surface area contributed by atoms with Gasteiger partial charge in [-0.15, -0.1) is 11.3 Å². The SMILES string of the molecule is CC(=O)NC(CC(C)C)C(=O)NC(CC1CCN(C(=O)O)CC1)C(=O)c1nc2ccccc2s1. The predicted molar refractivity (Wildman–Crippen MR) is 130 cm³/mol. The molecule has 0 saturated carbocycles. The van der Waals surface area contributed by atoms with Crippen LogP contribution in [0.1, 0.15) is 56.3 Å². The van der Waals surface area contributed by atoms with E-state index in [0.29, 0.717) is 43.8 Å². The number of ketones is 1. The monoisotopic (exact) mass is 488 g/mol. The smallest absolute Gasteiger partial charge is 0.407 e. The summed E-state index contributed by atoms with van der Waals surface area (Å²) in [7, 11) is 0. The van der Waals surface area contributed by atoms with Crippen molar-refractivity contribution >= 4 is 45.2 Å². The highest BCUT2D eigenvalue weighted by molar-refractivity contribution is 7.20. The average Bonchev–Trinajstić information content (AvgIpc) is 3.21. The number of hydrogen-bond acceptors (Lipinski definition) is 6. The molecule has 0 bridgehead atoms. The number of aromatic nitrogens is 1. The number of nitrogens with zero attached hydrogens (tertiary/aromatic N) is 2. The van der Waals surface area contributed by atoms with Gasteiger partial charge in [-0.05, 0) is 49.7 Å². The van der Waals surface area contributed by atoms with Crippen molar-refractivity contribution in [2.24, 2.45) is 11.8 Å². The molecule has 184 valence electrons. The molecule has 1 aromatic heterocycles. The normalized spacial score (nSPS) is 16.3. The van der Waals surface area contributed by atoms with Crippen molar-refractivity contribution in [3.8, 4) is 0 Å². The second-order valence-electron chi connectivity index (χ2n) is 9.24. The number of likely N-dealkylation sites (tertiary alicyclic amines) is 1. The van der Waals surface area contributed by atoms with Crippen LogP contribution in [-0.2, 0) is 9.59 Å². The molecule has 3 amide bonds. The van der Waals surface area contributed by atoms with E-state index in [2.05, 4.69) is 15.6 Å². The fourth-order valence-electron chi connectivity index (χ4n) is 4.27. The number of nitrogens with one attached hydrogen (secondary N) is 2. The average molecular weight is 489 g/mol. The highest BCUT2D eigenvalue weighted by Gasteiger charge is 2.32. The van der Waals surface area contributed by atoms with E-state index in [9.17, 15) is 24.3 Å². The van der Waals surface area contributed by atoms with Crippen molar-refractivity contribution in [2.75, 3.05) is 13.1 Å². The third-order valence-electron chi connectivity index (χ3n) is 5.99. The molecule has 34 heavy (non-hydrogen) atoms. The van der Waals surface area contributed by atoms with Crippen LogP contribution in [0.5, 0.6) is 0 Å². The molecule has 1 aliphatic rings. The molecule has 2 aromatic rings. The molecule has 0 radical (unpaired) electrons. The lowest BCUT2D eigenvalue weighted by Crippen LogP contribution is -2.52. The lowest BCUT2D eigenvalue weighted by atomic mass is 9.88. The number of piperidine rings is 1. The van der Waals surface area contributed by atoms with Crippen molar-refractivity contribution < 1.29 is 24.3 Å². The lowest BCUT2D eigenvalue weighted by molar-refractivity contribution is -0.128. The summed E-state index contributed by atoms with van der Waals surface area (Å²) in [5.74, 6) is -0.714. The zero-order chi connectivity index (χ0) is 24.8. The van der Waals surface area contributed by atoms with Gasteiger partial charge in [0.15, 0.2) is 5.01 Å². The number of Topliss-reactive ketones (excluding diaryl/α,β-unsaturated/α-hetero) is 1. The standard InChI is InChI=1S/C24H32N4O5S/c1-14(2)12-19(25-15(3)29)22(31)26-18(13-16-8-10-28(11-9-16)24(32)33)21(30)23-27-17-6-4-5-7-20(17)34-23/h4-7,14,16,18-19H,8-13H2,1-3H3,(H,25,29)(H,26,31)(H,32,33). The van der Waals surface area contributed by atoms with Gasteiger partial charge in [-0.2, -0.15) is 0 Å². The minimum Gasteiger partial charge on any atom is -0.465 e. The van der Waals surface area contributed by atoms with Gasteiger partial charge in [0, 0.05) is 20.0 Å². The number of thiazole rings is 1. The molecule has 2 heterocycles. The van der Waals surface area contributed by atoms with Gasteiger partial charge < -0.3 is 20.6 Å². The van der Waals surface area contributed by atoms with E-state index in [1.54, 1.807) is 0 Å². The first-order valence-corrected chi connectivity index (χ1v) is 12.4. The molecule has 2 atom stereocenters. The van der Waals surface area contributed by atoms with Crippen LogP contribution in [0.2, 0.25) is 0 Å². The summed E-state index contributed by atoms with van der Waals surface area (Å²) < 4.78 is 0.890. The molecule has 0 spiro atoms. The van der Waals surface area contributed by atoms with Crippen molar-refractivity contribution in [1.29, 1.82) is 0 Å². The molecule has 0 aliphatic carbocycles. The minimum absolute atomic E-state index is 0.0866. The van der Waals surface area contributed by atoms with Crippen molar-refractivity contribution in [1.82, 2.24) is 20.5 Å². The van der Waals surface area contributed by atoms with Gasteiger partial charge in [0.1, 0.15) is 6.04 Å². The maximum absolute atomic E-state index is 13.5. The van der Waals surface area contributed by atoms with Crippen molar-refractivity contribution in [3.05, 3.63) is 29.3 Å². The number of para-hydroxylation sites is 1. The van der Waals surface area contributed by atoms with E-state index < -0.39 is 24.1 Å². The van der Waals surface area contributed by atoms with Crippen molar-refractivity contribution in [3.63, 3.8) is 0 Å². The van der Waals surface area contributed by atoms with E-state index in [-0.39, 0.29) is 23.5 Å². The van der Waals surface area contributed by atoms with Crippen LogP contribution in [0.3, 0.4) is 0 Å². The van der Waals surface area contributed by atoms with Crippen LogP contribution < -0.4 is 10.6 Å². The lowest BCUT2D eigenvalue weighted by Gasteiger charge is -2.32. The summed E-state index contributed by atoms with van der Waals surface area (Å²) in [6.07, 6.45) is 1.13. The van der Waals surface area contributed by atoms with Gasteiger partial charge in [-0.3, -0.25) is 14.4 Å². The highest BCUT2D eigenvalue weighted by atomic mass is 32.1. The van der Waals surface area contributed by atoms with E-state index in [1.165, 1.54) is 23.2 Å². The van der Waals surface area contributed by atoms with Gasteiger partial charge in [-0.1, -0.05) is 26.0 Å². The van der Waals surface area contributed by atoms with Gasteiger partial charge in [0.2, 0.25) is 17.6 Å². The van der Waals surface area contributed by atoms with Crippen LogP contribution in [0.25, 0.3) is 10.2 Å². The number of carboxylic acid groups (broad SMARTS) is 1. The largest absolute Gasteiger partial charge is 0.465 e. The molecule has 1 aromatic carbocycles. The third-order valence-corrected chi connectivity index (χ3v) is 7.04. The fourth-order valence-corrected chi connectivity index (χ4v) is 5.23. The third kappa shape index (κ3) is 6.75. The summed E-state index contributed by atoms with van der Waals surface area (Å²) >= 11 is 1.29. The number of hydrogen-bond donors (Lipinski definition) is 3. The van der Waals surface area contributed by atoms with E-state index in [4.69, 9.17) is 0 Å². The van der Waals surface area contributed by atoms with Crippen LogP contribution in [0.15, 0.2) is 24.3 Å². The Morgan fingerprint density at radius 2 is 1.79 bits per heavy atom. The summed E-state index contributed by atoms with van der Waals surface area (Å²) in [6.45, 7) is 6.08. The Labute approximate surface area is 202 Å². The first kappa shape index (κ1) is 25.6. The molecule has 9 nitrogen and oxygen atoms in total. The Morgan fingerprint density at radius 3 is 2.38 bits per heavy atom. The number of carbonyl (C=O) groups excluding carboxylic acids is 3. The molecule has 10 heteroatoms. The van der Waals surface area contributed by atoms with Crippen LogP contribution in [0, 0.1) is 11.8 Å². The molecule has 1 aliphatic heterocycles. The van der Waals surface area contributed by atoms with E-state index in [1.807, 2.05) is 38.1 Å². The number of rotatable bonds is 9. The maximum atomic E-state index is 13.5. The molecule has 1 fully saturated rings. The Balaban J connectivity index is 1.80. The second-order valence-corrected chi connectivity index (χ2v) is 10.3. The summed E-state index contributed by atoms with van der Waals surface area (Å²) in [6, 6.07) is 5.93. The fraction of sp³-hybridized carbons (Fsp3) is 0.542. The highest BCUT2D eigenvalue weighted by Crippen LogP contribution is 2.27. The molecule has 3 rings (SSSR count).